The average Bonchev–Trinajstić information content (AvgIpc) is 1.76. The fraction of sp³-hybridized carbons (Fsp3) is 0.282. The fourth-order valence-electron chi connectivity index (χ4n) is 13.7. The lowest BCUT2D eigenvalue weighted by Crippen LogP contribution is -2.61. The number of aromatic amines is 6. The summed E-state index contributed by atoms with van der Waals surface area (Å²) >= 11 is 0. The number of carbonyl (C=O) groups is 8. The number of hydrogen-bond donors (Lipinski definition) is 17. The molecule has 0 aliphatic carbocycles. The zero-order valence-electron chi connectivity index (χ0n) is 56.8. The van der Waals surface area contributed by atoms with Gasteiger partial charge in [-0.2, -0.15) is 0 Å². The molecule has 12 rings (SSSR count). The van der Waals surface area contributed by atoms with Gasteiger partial charge in [-0.15, -0.1) is 0 Å². The molecule has 25 nitrogen and oxygen atoms in total. The number of H-pyrrole nitrogens is 6. The van der Waals surface area contributed by atoms with Crippen LogP contribution in [0.3, 0.4) is 0 Å². The highest BCUT2D eigenvalue weighted by Crippen LogP contribution is 2.26. The molecule has 12 aromatic rings. The van der Waals surface area contributed by atoms with Gasteiger partial charge in [-0.25, -0.2) is 4.79 Å². The molecule has 0 unspecified atom stereocenters. The van der Waals surface area contributed by atoms with Gasteiger partial charge in [0.15, 0.2) is 0 Å². The van der Waals surface area contributed by atoms with Gasteiger partial charge in [0.05, 0.1) is 6.04 Å². The lowest BCUT2D eigenvalue weighted by atomic mass is 9.99. The Morgan fingerprint density at radius 1 is 0.291 bits per heavy atom. The quantitative estimate of drug-likeness (QED) is 0.0192. The summed E-state index contributed by atoms with van der Waals surface area (Å²) in [6.45, 7) is 0.576. The third kappa shape index (κ3) is 17.2. The molecule has 532 valence electrons. The van der Waals surface area contributed by atoms with Crippen LogP contribution in [-0.4, -0.2) is 144 Å². The molecule has 0 aliphatic heterocycles. The molecule has 0 bridgehead atoms. The first-order chi connectivity index (χ1) is 50.1. The molecule has 6 aromatic heterocycles. The van der Waals surface area contributed by atoms with Crippen molar-refractivity contribution < 1.29 is 43.5 Å². The minimum absolute atomic E-state index is 0.0282. The van der Waals surface area contributed by atoms with Crippen LogP contribution in [0.4, 0.5) is 0 Å². The minimum Gasteiger partial charge on any atom is -0.480 e. The number of unbranched alkanes of at least 4 members (excludes halogenated alkanes) is 2. The molecule has 7 amide bonds. The Bertz CT molecular complexity index is 5000. The molecule has 6 heterocycles. The lowest BCUT2D eigenvalue weighted by molar-refractivity contribution is -0.142. The molecule has 0 saturated heterocycles. The van der Waals surface area contributed by atoms with Crippen LogP contribution in [0, 0.1) is 0 Å². The summed E-state index contributed by atoms with van der Waals surface area (Å²) in [6.07, 6.45) is 12.0. The van der Waals surface area contributed by atoms with Crippen molar-refractivity contribution in [1.82, 2.24) is 67.1 Å². The van der Waals surface area contributed by atoms with Crippen molar-refractivity contribution in [2.24, 2.45) is 17.2 Å². The van der Waals surface area contributed by atoms with E-state index in [2.05, 4.69) is 67.1 Å². The second-order valence-corrected chi connectivity index (χ2v) is 26.3. The van der Waals surface area contributed by atoms with Crippen molar-refractivity contribution in [2.45, 2.75) is 125 Å². The molecule has 8 atom stereocenters. The van der Waals surface area contributed by atoms with Crippen LogP contribution >= 0.6 is 0 Å². The van der Waals surface area contributed by atoms with Gasteiger partial charge in [-0.05, 0) is 128 Å². The van der Waals surface area contributed by atoms with Gasteiger partial charge < -0.3 is 89.4 Å². The summed E-state index contributed by atoms with van der Waals surface area (Å²) in [5.41, 5.74) is 27.3. The number of benzene rings is 6. The van der Waals surface area contributed by atoms with Crippen molar-refractivity contribution >= 4 is 113 Å². The van der Waals surface area contributed by atoms with Gasteiger partial charge in [-0.1, -0.05) is 109 Å². The molecule has 0 spiro atoms. The largest absolute Gasteiger partial charge is 0.480 e. The molecule has 0 fully saturated rings. The van der Waals surface area contributed by atoms with E-state index < -0.39 is 95.7 Å². The monoisotopic (exact) mass is 1390 g/mol. The van der Waals surface area contributed by atoms with Crippen LogP contribution in [0.25, 0.3) is 65.4 Å². The first-order valence-corrected chi connectivity index (χ1v) is 34.9. The Labute approximate surface area is 592 Å². The van der Waals surface area contributed by atoms with E-state index in [1.54, 1.807) is 37.2 Å². The Morgan fingerprint density at radius 2 is 0.505 bits per heavy atom. The number of fused-ring (bicyclic) bond motifs is 6. The Kier molecular flexibility index (Phi) is 22.8. The van der Waals surface area contributed by atoms with E-state index in [4.69, 9.17) is 17.2 Å². The van der Waals surface area contributed by atoms with Crippen LogP contribution in [0.1, 0.15) is 71.9 Å². The van der Waals surface area contributed by atoms with Crippen molar-refractivity contribution in [3.05, 3.63) is 216 Å². The van der Waals surface area contributed by atoms with E-state index in [1.807, 2.05) is 146 Å². The number of hydrogen-bond acceptors (Lipinski definition) is 11. The minimum atomic E-state index is -1.45. The highest BCUT2D eigenvalue weighted by Gasteiger charge is 2.37. The number of carbonyl (C=O) groups excluding carboxylic acids is 7. The third-order valence-corrected chi connectivity index (χ3v) is 19.3. The summed E-state index contributed by atoms with van der Waals surface area (Å²) in [7, 11) is 0. The number of carboxylic acids is 1. The Hall–Kier alpha value is -11.8. The second kappa shape index (κ2) is 33.1. The first kappa shape index (κ1) is 71.0. The maximum atomic E-state index is 15.7. The molecule has 0 aliphatic rings. The van der Waals surface area contributed by atoms with Crippen LogP contribution in [0.5, 0.6) is 0 Å². The molecule has 103 heavy (non-hydrogen) atoms. The normalized spacial score (nSPS) is 14.0. The number of amides is 7. The maximum absolute atomic E-state index is 15.7. The summed E-state index contributed by atoms with van der Waals surface area (Å²) in [5, 5.41) is 35.7. The lowest BCUT2D eigenvalue weighted by Gasteiger charge is -2.28. The van der Waals surface area contributed by atoms with Gasteiger partial charge in [0.2, 0.25) is 41.4 Å². The predicted molar refractivity (Wildman–Crippen MR) is 397 cm³/mol. The van der Waals surface area contributed by atoms with Gasteiger partial charge in [-0.3, -0.25) is 33.6 Å². The zero-order chi connectivity index (χ0) is 71.9. The summed E-state index contributed by atoms with van der Waals surface area (Å²) in [4.78, 5) is 138. The number of aromatic nitrogens is 6. The summed E-state index contributed by atoms with van der Waals surface area (Å²) < 4.78 is 0. The van der Waals surface area contributed by atoms with Crippen molar-refractivity contribution in [1.29, 1.82) is 0 Å². The van der Waals surface area contributed by atoms with E-state index in [0.29, 0.717) is 60.0 Å². The summed E-state index contributed by atoms with van der Waals surface area (Å²) in [6, 6.07) is 34.1. The predicted octanol–water partition coefficient (Wildman–Crippen LogP) is 6.39. The molecular formula is C78H86N16O9. The second-order valence-electron chi connectivity index (χ2n) is 26.3. The maximum Gasteiger partial charge on any atom is 0.326 e. The van der Waals surface area contributed by atoms with Crippen LogP contribution in [-0.2, 0) is 76.9 Å². The summed E-state index contributed by atoms with van der Waals surface area (Å²) in [5.74, 6) is -6.49. The molecule has 25 heteroatoms. The molecule has 6 aromatic carbocycles. The number of aliphatic carboxylic acids is 1. The van der Waals surface area contributed by atoms with E-state index in [1.165, 1.54) is 0 Å². The van der Waals surface area contributed by atoms with Gasteiger partial charge in [0, 0.05) is 135 Å². The molecular weight excluding hydrogens is 1300 g/mol. The number of rotatable bonds is 35. The van der Waals surface area contributed by atoms with Gasteiger partial charge >= 0.3 is 5.97 Å². The van der Waals surface area contributed by atoms with Crippen molar-refractivity contribution in [3.63, 3.8) is 0 Å². The smallest absolute Gasteiger partial charge is 0.326 e. The number of carboxylic acid groups (broad SMARTS) is 1. The molecule has 0 saturated carbocycles. The van der Waals surface area contributed by atoms with Crippen molar-refractivity contribution in [3.8, 4) is 0 Å². The standard InChI is InChI=1S/C78H86N16O9/c79-31-15-13-29-64(88-71(95)57(81)33-45-39-82-58-23-7-1-17-51(45)58)72(96)90-67(35-47-41-84-60-25-9-3-19-53(47)60)75(99)93-68(36-48-42-85-61-26-10-4-20-54(48)61)76(100)92-66(34-46-40-83-59-24-8-2-18-52(46)59)74(98)89-65(30-14-16-32-80)73(97)91-69(37-49-43-86-62-27-11-5-21-55(49)62)77(101)94-70(78(102)103)38-50-44-87-63-28-12-6-22-56(50)63/h1-12,17-28,39-44,57,64-70,82-87H,13-16,29-38,79-81H2,(H,88,95)(H,89,98)(H,90,96)(H,91,97)(H,92,100)(H,93,99)(H,94,101)(H,102,103)/t57-,64-,65-,66-,67-,68-,69-,70-/m0/s1. The highest BCUT2D eigenvalue weighted by molar-refractivity contribution is 6.00. The third-order valence-electron chi connectivity index (χ3n) is 19.3. The fourth-order valence-corrected chi connectivity index (χ4v) is 13.7. The van der Waals surface area contributed by atoms with E-state index in [0.717, 1.165) is 71.0 Å². The molecule has 0 radical (unpaired) electrons. The van der Waals surface area contributed by atoms with E-state index in [-0.39, 0.29) is 57.9 Å². The topological polar surface area (TPSA) is 414 Å². The van der Waals surface area contributed by atoms with Gasteiger partial charge in [0.25, 0.3) is 0 Å². The number of nitrogens with one attached hydrogen (secondary N) is 13. The molecule has 20 N–H and O–H groups in total. The SMILES string of the molecule is NCCCC[C@H](NC(=O)[C@H](Cc1c[nH]c2ccccc12)NC(=O)[C@H](Cc1c[nH]c2ccccc12)NC(=O)[C@H](Cc1c[nH]c2ccccc12)NC(=O)[C@H](CCCCN)NC(=O)[C@@H](N)Cc1c[nH]c2ccccc12)C(=O)N[C@@H](Cc1c[nH]c2ccccc12)C(=O)N[C@@H](Cc1c[nH]c2ccccc12)C(=O)O. The number of para-hydroxylation sites is 6. The van der Waals surface area contributed by atoms with E-state index in [9.17, 15) is 24.3 Å². The first-order valence-electron chi connectivity index (χ1n) is 34.9. The van der Waals surface area contributed by atoms with Crippen LogP contribution in [0.15, 0.2) is 183 Å². The van der Waals surface area contributed by atoms with Gasteiger partial charge in [0.1, 0.15) is 42.3 Å². The van der Waals surface area contributed by atoms with E-state index >= 15 is 19.2 Å². The van der Waals surface area contributed by atoms with Crippen LogP contribution in [0.2, 0.25) is 0 Å². The Balaban J connectivity index is 0.842. The average molecular weight is 1390 g/mol. The highest BCUT2D eigenvalue weighted by atomic mass is 16.4. The van der Waals surface area contributed by atoms with Crippen molar-refractivity contribution in [2.75, 3.05) is 13.1 Å². The number of nitrogens with two attached hydrogens (primary N) is 3. The zero-order valence-corrected chi connectivity index (χ0v) is 56.8. The van der Waals surface area contributed by atoms with Crippen LogP contribution < -0.4 is 54.4 Å². The Morgan fingerprint density at radius 3 is 0.767 bits per heavy atom.